The van der Waals surface area contributed by atoms with Gasteiger partial charge in [-0.05, 0) is 31.8 Å². The van der Waals surface area contributed by atoms with Gasteiger partial charge in [-0.25, -0.2) is 0 Å². The third-order valence-corrected chi connectivity index (χ3v) is 4.17. The number of hydrogen-bond acceptors (Lipinski definition) is 2. The second-order valence-corrected chi connectivity index (χ2v) is 5.26. The first kappa shape index (κ1) is 12.9. The van der Waals surface area contributed by atoms with E-state index in [1.54, 1.807) is 12.2 Å². The SMILES string of the molecule is NC(=O)C1=CCC2(C(N)=O)CCCCCCC2=C1. The van der Waals surface area contributed by atoms with Gasteiger partial charge in [-0.3, -0.25) is 9.59 Å². The maximum absolute atomic E-state index is 11.9. The number of rotatable bonds is 2. The van der Waals surface area contributed by atoms with Crippen LogP contribution in [-0.2, 0) is 9.59 Å². The lowest BCUT2D eigenvalue weighted by Gasteiger charge is -2.36. The summed E-state index contributed by atoms with van der Waals surface area (Å²) < 4.78 is 0. The van der Waals surface area contributed by atoms with Gasteiger partial charge in [0, 0.05) is 5.57 Å². The number of amides is 2. The van der Waals surface area contributed by atoms with Gasteiger partial charge in [0.1, 0.15) is 0 Å². The van der Waals surface area contributed by atoms with E-state index in [4.69, 9.17) is 11.5 Å². The number of carbonyl (C=O) groups excluding carboxylic acids is 2. The molecule has 4 N–H and O–H groups in total. The molecule has 1 unspecified atom stereocenters. The topological polar surface area (TPSA) is 86.2 Å². The Morgan fingerprint density at radius 1 is 1.11 bits per heavy atom. The van der Waals surface area contributed by atoms with E-state index in [9.17, 15) is 9.59 Å². The van der Waals surface area contributed by atoms with Crippen LogP contribution in [0.2, 0.25) is 0 Å². The molecular formula is C14H20N2O2. The monoisotopic (exact) mass is 248 g/mol. The lowest BCUT2D eigenvalue weighted by molar-refractivity contribution is -0.126. The van der Waals surface area contributed by atoms with E-state index >= 15 is 0 Å². The highest BCUT2D eigenvalue weighted by Crippen LogP contribution is 2.44. The maximum atomic E-state index is 11.9. The molecule has 2 aliphatic carbocycles. The highest BCUT2D eigenvalue weighted by Gasteiger charge is 2.41. The molecule has 0 radical (unpaired) electrons. The Morgan fingerprint density at radius 2 is 1.83 bits per heavy atom. The summed E-state index contributed by atoms with van der Waals surface area (Å²) in [4.78, 5) is 23.1. The van der Waals surface area contributed by atoms with Crippen LogP contribution in [0.5, 0.6) is 0 Å². The average molecular weight is 248 g/mol. The summed E-state index contributed by atoms with van der Waals surface area (Å²) in [7, 11) is 0. The van der Waals surface area contributed by atoms with Crippen LogP contribution < -0.4 is 11.5 Å². The molecule has 0 aromatic heterocycles. The fraction of sp³-hybridized carbons (Fsp3) is 0.571. The molecule has 2 aliphatic rings. The minimum atomic E-state index is -0.570. The molecule has 2 amide bonds. The molecule has 0 spiro atoms. The van der Waals surface area contributed by atoms with Crippen molar-refractivity contribution < 1.29 is 9.59 Å². The maximum Gasteiger partial charge on any atom is 0.248 e. The molecule has 0 saturated heterocycles. The smallest absolute Gasteiger partial charge is 0.248 e. The van der Waals surface area contributed by atoms with Crippen molar-refractivity contribution in [2.75, 3.05) is 0 Å². The lowest BCUT2D eigenvalue weighted by atomic mass is 9.67. The molecule has 0 aromatic carbocycles. The van der Waals surface area contributed by atoms with Gasteiger partial charge in [0.25, 0.3) is 0 Å². The second kappa shape index (κ2) is 4.96. The number of nitrogens with two attached hydrogens (primary N) is 2. The van der Waals surface area contributed by atoms with Gasteiger partial charge < -0.3 is 11.5 Å². The van der Waals surface area contributed by atoms with Gasteiger partial charge in [0.15, 0.2) is 0 Å². The predicted octanol–water partition coefficient (Wildman–Crippen LogP) is 1.55. The van der Waals surface area contributed by atoms with Gasteiger partial charge in [-0.2, -0.15) is 0 Å². The first-order valence-corrected chi connectivity index (χ1v) is 6.57. The highest BCUT2D eigenvalue weighted by atomic mass is 16.1. The van der Waals surface area contributed by atoms with Gasteiger partial charge in [0.2, 0.25) is 11.8 Å². The van der Waals surface area contributed by atoms with E-state index in [1.165, 1.54) is 6.42 Å². The Kier molecular flexibility index (Phi) is 3.55. The third-order valence-electron chi connectivity index (χ3n) is 4.17. The van der Waals surface area contributed by atoms with Crippen molar-refractivity contribution in [2.24, 2.45) is 16.9 Å². The largest absolute Gasteiger partial charge is 0.369 e. The number of carbonyl (C=O) groups is 2. The van der Waals surface area contributed by atoms with Crippen LogP contribution in [0.15, 0.2) is 23.3 Å². The third kappa shape index (κ3) is 2.19. The van der Waals surface area contributed by atoms with Crippen LogP contribution in [0.25, 0.3) is 0 Å². The molecule has 0 aliphatic heterocycles. The molecule has 0 aromatic rings. The van der Waals surface area contributed by atoms with Crippen LogP contribution in [-0.4, -0.2) is 11.8 Å². The zero-order valence-electron chi connectivity index (χ0n) is 10.6. The van der Waals surface area contributed by atoms with E-state index in [-0.39, 0.29) is 5.91 Å². The van der Waals surface area contributed by atoms with Crippen LogP contribution in [0.3, 0.4) is 0 Å². The van der Waals surface area contributed by atoms with Gasteiger partial charge >= 0.3 is 0 Å². The average Bonchev–Trinajstić information content (AvgIpc) is 2.29. The summed E-state index contributed by atoms with van der Waals surface area (Å²) in [5, 5.41) is 0. The Morgan fingerprint density at radius 3 is 2.50 bits per heavy atom. The number of fused-ring (bicyclic) bond motifs is 1. The molecule has 1 saturated carbocycles. The first-order valence-electron chi connectivity index (χ1n) is 6.57. The number of hydrogen-bond donors (Lipinski definition) is 2. The summed E-state index contributed by atoms with van der Waals surface area (Å²) in [6.45, 7) is 0. The highest BCUT2D eigenvalue weighted by molar-refractivity contribution is 5.96. The molecule has 0 bridgehead atoms. The van der Waals surface area contributed by atoms with Gasteiger partial charge in [-0.15, -0.1) is 0 Å². The summed E-state index contributed by atoms with van der Waals surface area (Å²) in [6.07, 6.45) is 10.1. The van der Waals surface area contributed by atoms with Crippen molar-refractivity contribution in [1.29, 1.82) is 0 Å². The second-order valence-electron chi connectivity index (χ2n) is 5.26. The summed E-state index contributed by atoms with van der Waals surface area (Å²) in [6, 6.07) is 0. The first-order chi connectivity index (χ1) is 8.56. The number of primary amides is 2. The molecule has 4 nitrogen and oxygen atoms in total. The molecule has 0 heterocycles. The Bertz CT molecular complexity index is 437. The normalized spacial score (nSPS) is 28.2. The summed E-state index contributed by atoms with van der Waals surface area (Å²) >= 11 is 0. The molecule has 1 atom stereocenters. The Balaban J connectivity index is 2.37. The summed E-state index contributed by atoms with van der Waals surface area (Å²) in [5.74, 6) is -0.696. The van der Waals surface area contributed by atoms with E-state index < -0.39 is 11.3 Å². The van der Waals surface area contributed by atoms with Crippen LogP contribution in [0, 0.1) is 5.41 Å². The zero-order chi connectivity index (χ0) is 13.2. The van der Waals surface area contributed by atoms with Crippen molar-refractivity contribution in [3.8, 4) is 0 Å². The van der Waals surface area contributed by atoms with Crippen LogP contribution >= 0.6 is 0 Å². The minimum Gasteiger partial charge on any atom is -0.369 e. The van der Waals surface area contributed by atoms with E-state index in [0.29, 0.717) is 12.0 Å². The molecule has 1 fully saturated rings. The molecule has 18 heavy (non-hydrogen) atoms. The van der Waals surface area contributed by atoms with Crippen molar-refractivity contribution in [3.63, 3.8) is 0 Å². The van der Waals surface area contributed by atoms with Crippen molar-refractivity contribution in [2.45, 2.75) is 44.9 Å². The quantitative estimate of drug-likeness (QED) is 0.776. The van der Waals surface area contributed by atoms with E-state index in [2.05, 4.69) is 0 Å². The zero-order valence-corrected chi connectivity index (χ0v) is 10.6. The van der Waals surface area contributed by atoms with E-state index in [0.717, 1.165) is 37.7 Å². The van der Waals surface area contributed by atoms with Crippen molar-refractivity contribution in [3.05, 3.63) is 23.3 Å². The fourth-order valence-corrected chi connectivity index (χ4v) is 3.02. The fourth-order valence-electron chi connectivity index (χ4n) is 3.02. The van der Waals surface area contributed by atoms with Crippen molar-refractivity contribution in [1.82, 2.24) is 0 Å². The summed E-state index contributed by atoms with van der Waals surface area (Å²) in [5.41, 5.74) is 11.9. The minimum absolute atomic E-state index is 0.268. The number of allylic oxidation sites excluding steroid dienone is 1. The van der Waals surface area contributed by atoms with Gasteiger partial charge in [-0.1, -0.05) is 30.9 Å². The molecule has 4 heteroatoms. The van der Waals surface area contributed by atoms with E-state index in [1.807, 2.05) is 0 Å². The van der Waals surface area contributed by atoms with Crippen LogP contribution in [0.4, 0.5) is 0 Å². The van der Waals surface area contributed by atoms with Crippen molar-refractivity contribution >= 4 is 11.8 Å². The standard InChI is InChI=1S/C14H20N2O2/c15-12(17)10-6-8-14(13(16)18)7-4-2-1-3-5-11(14)9-10/h6,9H,1-5,7-8H2,(H2,15,17)(H2,16,18). The Hall–Kier alpha value is -1.58. The van der Waals surface area contributed by atoms with Gasteiger partial charge in [0.05, 0.1) is 5.41 Å². The molecule has 98 valence electrons. The lowest BCUT2D eigenvalue weighted by Crippen LogP contribution is -2.40. The molecular weight excluding hydrogens is 228 g/mol. The molecule has 2 rings (SSSR count). The van der Waals surface area contributed by atoms with Crippen LogP contribution in [0.1, 0.15) is 44.9 Å². The predicted molar refractivity (Wildman–Crippen MR) is 69.3 cm³/mol. The Labute approximate surface area is 107 Å².